The van der Waals surface area contributed by atoms with Crippen LogP contribution < -0.4 is 10.2 Å². The van der Waals surface area contributed by atoms with Gasteiger partial charge < -0.3 is 15.3 Å². The Morgan fingerprint density at radius 2 is 2.00 bits per heavy atom. The molecule has 5 heteroatoms. The Bertz CT molecular complexity index is 444. The molecule has 0 saturated heterocycles. The second-order valence-electron chi connectivity index (χ2n) is 5.66. The van der Waals surface area contributed by atoms with Gasteiger partial charge in [-0.1, -0.05) is 13.8 Å². The molecule has 0 aromatic carbocycles. The van der Waals surface area contributed by atoms with E-state index < -0.39 is 0 Å². The lowest BCUT2D eigenvalue weighted by molar-refractivity contribution is 0.295. The van der Waals surface area contributed by atoms with Gasteiger partial charge in [-0.3, -0.25) is 0 Å². The predicted molar refractivity (Wildman–Crippen MR) is 87.0 cm³/mol. The molecule has 0 spiro atoms. The molecule has 0 bridgehead atoms. The SMILES string of the molecule is CCNc1cc(N(CCO)C(CC)CC)nc(C2CC2)n1. The van der Waals surface area contributed by atoms with Gasteiger partial charge >= 0.3 is 0 Å². The summed E-state index contributed by atoms with van der Waals surface area (Å²) in [6, 6.07) is 2.43. The lowest BCUT2D eigenvalue weighted by Gasteiger charge is -2.31. The van der Waals surface area contributed by atoms with Crippen LogP contribution in [0, 0.1) is 0 Å². The van der Waals surface area contributed by atoms with Gasteiger partial charge in [0.15, 0.2) is 0 Å². The topological polar surface area (TPSA) is 61.3 Å². The Morgan fingerprint density at radius 3 is 2.52 bits per heavy atom. The molecule has 0 amide bonds. The van der Waals surface area contributed by atoms with Crippen molar-refractivity contribution in [1.82, 2.24) is 9.97 Å². The monoisotopic (exact) mass is 292 g/mol. The summed E-state index contributed by atoms with van der Waals surface area (Å²) < 4.78 is 0. The Labute approximate surface area is 127 Å². The third-order valence-corrected chi connectivity index (χ3v) is 4.05. The summed E-state index contributed by atoms with van der Waals surface area (Å²) in [5.74, 6) is 3.33. The quantitative estimate of drug-likeness (QED) is 0.733. The van der Waals surface area contributed by atoms with Crippen LogP contribution in [0.25, 0.3) is 0 Å². The van der Waals surface area contributed by atoms with Gasteiger partial charge in [0.2, 0.25) is 0 Å². The third-order valence-electron chi connectivity index (χ3n) is 4.05. The Hall–Kier alpha value is -1.36. The van der Waals surface area contributed by atoms with E-state index in [1.807, 2.05) is 6.07 Å². The maximum absolute atomic E-state index is 9.40. The van der Waals surface area contributed by atoms with E-state index in [0.717, 1.165) is 36.8 Å². The zero-order valence-electron chi connectivity index (χ0n) is 13.5. The van der Waals surface area contributed by atoms with Gasteiger partial charge in [0.05, 0.1) is 6.61 Å². The molecule has 1 aliphatic carbocycles. The van der Waals surface area contributed by atoms with Crippen LogP contribution in [-0.4, -0.2) is 40.8 Å². The molecule has 1 heterocycles. The van der Waals surface area contributed by atoms with E-state index in [2.05, 4.69) is 36.0 Å². The lowest BCUT2D eigenvalue weighted by atomic mass is 10.1. The van der Waals surface area contributed by atoms with E-state index in [1.54, 1.807) is 0 Å². The van der Waals surface area contributed by atoms with Gasteiger partial charge in [-0.05, 0) is 32.6 Å². The summed E-state index contributed by atoms with van der Waals surface area (Å²) in [7, 11) is 0. The minimum atomic E-state index is 0.149. The van der Waals surface area contributed by atoms with Crippen LogP contribution in [0.15, 0.2) is 6.07 Å². The highest BCUT2D eigenvalue weighted by atomic mass is 16.3. The van der Waals surface area contributed by atoms with E-state index in [-0.39, 0.29) is 6.61 Å². The van der Waals surface area contributed by atoms with E-state index in [1.165, 1.54) is 12.8 Å². The molecule has 5 nitrogen and oxygen atoms in total. The van der Waals surface area contributed by atoms with Crippen LogP contribution in [0.2, 0.25) is 0 Å². The first kappa shape index (κ1) is 16.0. The van der Waals surface area contributed by atoms with Crippen LogP contribution in [0.3, 0.4) is 0 Å². The fraction of sp³-hybridized carbons (Fsp3) is 0.750. The lowest BCUT2D eigenvalue weighted by Crippen LogP contribution is -2.37. The number of hydrogen-bond acceptors (Lipinski definition) is 5. The Kier molecular flexibility index (Phi) is 5.79. The molecule has 1 fully saturated rings. The van der Waals surface area contributed by atoms with Gasteiger partial charge in [-0.2, -0.15) is 0 Å². The molecular formula is C16H28N4O. The van der Waals surface area contributed by atoms with Crippen LogP contribution in [0.4, 0.5) is 11.6 Å². The maximum atomic E-state index is 9.40. The standard InChI is InChI=1S/C16H28N4O/c1-4-13(5-2)20(9-10-21)15-11-14(17-6-3)18-16(19-15)12-7-8-12/h11-13,21H,4-10H2,1-3H3,(H,17,18,19). The number of nitrogens with one attached hydrogen (secondary N) is 1. The number of nitrogens with zero attached hydrogens (tertiary/aromatic N) is 3. The predicted octanol–water partition coefficient (Wildman–Crippen LogP) is 2.77. The van der Waals surface area contributed by atoms with Crippen molar-refractivity contribution in [1.29, 1.82) is 0 Å². The van der Waals surface area contributed by atoms with Gasteiger partial charge in [0.1, 0.15) is 17.5 Å². The average Bonchev–Trinajstić information content (AvgIpc) is 3.32. The maximum Gasteiger partial charge on any atom is 0.136 e. The van der Waals surface area contributed by atoms with Crippen LogP contribution in [0.5, 0.6) is 0 Å². The van der Waals surface area contributed by atoms with Crippen LogP contribution in [0.1, 0.15) is 58.2 Å². The molecule has 0 atom stereocenters. The summed E-state index contributed by atoms with van der Waals surface area (Å²) in [5, 5.41) is 12.7. The van der Waals surface area contributed by atoms with Gasteiger partial charge in [-0.15, -0.1) is 0 Å². The van der Waals surface area contributed by atoms with Crippen molar-refractivity contribution < 1.29 is 5.11 Å². The number of aromatic nitrogens is 2. The molecule has 0 radical (unpaired) electrons. The molecular weight excluding hydrogens is 264 g/mol. The minimum absolute atomic E-state index is 0.149. The highest BCUT2D eigenvalue weighted by molar-refractivity contribution is 5.50. The number of aliphatic hydroxyl groups excluding tert-OH is 1. The fourth-order valence-electron chi connectivity index (χ4n) is 2.72. The first-order chi connectivity index (χ1) is 10.2. The van der Waals surface area contributed by atoms with Crippen molar-refractivity contribution in [3.8, 4) is 0 Å². The van der Waals surface area contributed by atoms with Gasteiger partial charge in [0.25, 0.3) is 0 Å². The van der Waals surface area contributed by atoms with Crippen molar-refractivity contribution in [2.75, 3.05) is 29.9 Å². The highest BCUT2D eigenvalue weighted by Crippen LogP contribution is 2.39. The van der Waals surface area contributed by atoms with E-state index in [4.69, 9.17) is 4.98 Å². The zero-order chi connectivity index (χ0) is 15.2. The molecule has 2 rings (SSSR count). The molecule has 118 valence electrons. The summed E-state index contributed by atoms with van der Waals surface area (Å²) in [5.41, 5.74) is 0. The summed E-state index contributed by atoms with van der Waals surface area (Å²) in [4.78, 5) is 11.6. The largest absolute Gasteiger partial charge is 0.395 e. The molecule has 2 N–H and O–H groups in total. The molecule has 1 aromatic heterocycles. The third kappa shape index (κ3) is 4.06. The fourth-order valence-corrected chi connectivity index (χ4v) is 2.72. The zero-order valence-corrected chi connectivity index (χ0v) is 13.5. The molecule has 1 aromatic rings. The number of anilines is 2. The molecule has 21 heavy (non-hydrogen) atoms. The molecule has 1 saturated carbocycles. The second-order valence-corrected chi connectivity index (χ2v) is 5.66. The van der Waals surface area contributed by atoms with Crippen molar-refractivity contribution >= 4 is 11.6 Å². The molecule has 1 aliphatic rings. The van der Waals surface area contributed by atoms with Crippen molar-refractivity contribution in [2.45, 2.75) is 58.4 Å². The second kappa shape index (κ2) is 7.59. The van der Waals surface area contributed by atoms with E-state index in [0.29, 0.717) is 18.5 Å². The van der Waals surface area contributed by atoms with Crippen molar-refractivity contribution in [2.24, 2.45) is 0 Å². The average molecular weight is 292 g/mol. The first-order valence-electron chi connectivity index (χ1n) is 8.23. The number of hydrogen-bond donors (Lipinski definition) is 2. The van der Waals surface area contributed by atoms with Crippen molar-refractivity contribution in [3.63, 3.8) is 0 Å². The van der Waals surface area contributed by atoms with E-state index in [9.17, 15) is 5.11 Å². The Morgan fingerprint density at radius 1 is 1.29 bits per heavy atom. The van der Waals surface area contributed by atoms with Crippen LogP contribution >= 0.6 is 0 Å². The molecule has 0 unspecified atom stereocenters. The smallest absolute Gasteiger partial charge is 0.136 e. The summed E-state index contributed by atoms with van der Waals surface area (Å²) in [6.07, 6.45) is 4.49. The van der Waals surface area contributed by atoms with Crippen LogP contribution in [-0.2, 0) is 0 Å². The van der Waals surface area contributed by atoms with Gasteiger partial charge in [-0.25, -0.2) is 9.97 Å². The summed E-state index contributed by atoms with van der Waals surface area (Å²) >= 11 is 0. The van der Waals surface area contributed by atoms with Crippen molar-refractivity contribution in [3.05, 3.63) is 11.9 Å². The summed E-state index contributed by atoms with van der Waals surface area (Å²) in [6.45, 7) is 8.07. The molecule has 0 aliphatic heterocycles. The first-order valence-corrected chi connectivity index (χ1v) is 8.23. The number of aliphatic hydroxyl groups is 1. The Balaban J connectivity index is 2.32. The van der Waals surface area contributed by atoms with Gasteiger partial charge in [0, 0.05) is 31.1 Å². The highest BCUT2D eigenvalue weighted by Gasteiger charge is 2.28. The normalized spacial score (nSPS) is 14.5. The minimum Gasteiger partial charge on any atom is -0.395 e. The number of rotatable bonds is 9. The van der Waals surface area contributed by atoms with E-state index >= 15 is 0 Å².